The molecule has 0 aromatic rings. The molecular formula is C8H12O6. The average molecular weight is 204 g/mol. The Morgan fingerprint density at radius 2 is 1.29 bits per heavy atom. The third-order valence-corrected chi connectivity index (χ3v) is 1.68. The summed E-state index contributed by atoms with van der Waals surface area (Å²) in [7, 11) is 0. The van der Waals surface area contributed by atoms with Gasteiger partial charge in [-0.1, -0.05) is 0 Å². The number of carbonyl (C=O) groups excluding carboxylic acids is 2. The zero-order valence-electron chi connectivity index (χ0n) is 7.51. The highest BCUT2D eigenvalue weighted by Crippen LogP contribution is 2.03. The normalized spacial score (nSPS) is 30.4. The van der Waals surface area contributed by atoms with Crippen LogP contribution in [0.25, 0.3) is 0 Å². The summed E-state index contributed by atoms with van der Waals surface area (Å²) < 4.78 is 8.75. The van der Waals surface area contributed by atoms with Gasteiger partial charge < -0.3 is 19.7 Å². The SMILES string of the molecule is O=C1C[C@H](O)CO1.O=C1C[C@H](O)CO1. The molecule has 0 aliphatic carbocycles. The van der Waals surface area contributed by atoms with Gasteiger partial charge in [-0.25, -0.2) is 0 Å². The minimum absolute atomic E-state index is 0.167. The van der Waals surface area contributed by atoms with E-state index < -0.39 is 12.2 Å². The Kier molecular flexibility index (Phi) is 3.84. The van der Waals surface area contributed by atoms with Crippen molar-refractivity contribution in [1.82, 2.24) is 0 Å². The van der Waals surface area contributed by atoms with E-state index in [0.717, 1.165) is 0 Å². The molecule has 14 heavy (non-hydrogen) atoms. The number of ether oxygens (including phenoxy) is 2. The zero-order valence-corrected chi connectivity index (χ0v) is 7.51. The molecule has 2 aliphatic heterocycles. The third kappa shape index (κ3) is 3.71. The third-order valence-electron chi connectivity index (χ3n) is 1.68. The highest BCUT2D eigenvalue weighted by Gasteiger charge is 2.20. The van der Waals surface area contributed by atoms with Crippen molar-refractivity contribution in [1.29, 1.82) is 0 Å². The quantitative estimate of drug-likeness (QED) is 0.471. The summed E-state index contributed by atoms with van der Waals surface area (Å²) in [6.45, 7) is 0.359. The molecular weight excluding hydrogens is 192 g/mol. The Bertz CT molecular complexity index is 202. The number of cyclic esters (lactones) is 2. The van der Waals surface area contributed by atoms with Crippen molar-refractivity contribution in [3.63, 3.8) is 0 Å². The van der Waals surface area contributed by atoms with Gasteiger partial charge in [0.25, 0.3) is 0 Å². The van der Waals surface area contributed by atoms with Crippen LogP contribution in [0.3, 0.4) is 0 Å². The van der Waals surface area contributed by atoms with Crippen LogP contribution in [0.2, 0.25) is 0 Å². The van der Waals surface area contributed by atoms with Crippen LogP contribution in [-0.4, -0.2) is 47.6 Å². The fourth-order valence-electron chi connectivity index (χ4n) is 0.999. The number of rotatable bonds is 0. The molecule has 0 spiro atoms. The van der Waals surface area contributed by atoms with Crippen LogP contribution in [0.1, 0.15) is 12.8 Å². The van der Waals surface area contributed by atoms with Gasteiger partial charge in [-0.15, -0.1) is 0 Å². The summed E-state index contributed by atoms with van der Waals surface area (Å²) in [4.78, 5) is 20.1. The lowest BCUT2D eigenvalue weighted by Gasteiger charge is -1.87. The molecule has 2 aliphatic rings. The van der Waals surface area contributed by atoms with E-state index in [0.29, 0.717) is 0 Å². The van der Waals surface area contributed by atoms with Crippen molar-refractivity contribution in [2.24, 2.45) is 0 Å². The molecule has 0 bridgehead atoms. The maximum Gasteiger partial charge on any atom is 0.308 e. The number of esters is 2. The maximum atomic E-state index is 10.1. The van der Waals surface area contributed by atoms with Crippen molar-refractivity contribution >= 4 is 11.9 Å². The van der Waals surface area contributed by atoms with Crippen molar-refractivity contribution in [3.8, 4) is 0 Å². The Hall–Kier alpha value is -1.14. The summed E-state index contributed by atoms with van der Waals surface area (Å²) >= 11 is 0. The molecule has 2 heterocycles. The minimum Gasteiger partial charge on any atom is -0.463 e. The molecule has 0 aromatic heterocycles. The van der Waals surface area contributed by atoms with Crippen LogP contribution in [-0.2, 0) is 19.1 Å². The Morgan fingerprint density at radius 1 is 0.929 bits per heavy atom. The average Bonchev–Trinajstić information content (AvgIpc) is 2.63. The lowest BCUT2D eigenvalue weighted by Crippen LogP contribution is -2.02. The first-order valence-electron chi connectivity index (χ1n) is 4.25. The highest BCUT2D eigenvalue weighted by molar-refractivity contribution is 5.72. The van der Waals surface area contributed by atoms with E-state index in [-0.39, 0.29) is 38.0 Å². The Labute approximate surface area is 80.4 Å². The monoisotopic (exact) mass is 204 g/mol. The van der Waals surface area contributed by atoms with Gasteiger partial charge in [-0.2, -0.15) is 0 Å². The fourth-order valence-corrected chi connectivity index (χ4v) is 0.999. The molecule has 0 saturated carbocycles. The summed E-state index contributed by atoms with van der Waals surface area (Å²) in [6, 6.07) is 0. The molecule has 2 saturated heterocycles. The maximum absolute atomic E-state index is 10.1. The van der Waals surface area contributed by atoms with Crippen molar-refractivity contribution < 1.29 is 29.3 Å². The van der Waals surface area contributed by atoms with Crippen LogP contribution in [0.15, 0.2) is 0 Å². The van der Waals surface area contributed by atoms with Crippen LogP contribution in [0.4, 0.5) is 0 Å². The van der Waals surface area contributed by atoms with E-state index in [4.69, 9.17) is 10.2 Å². The lowest BCUT2D eigenvalue weighted by atomic mass is 10.3. The summed E-state index contributed by atoms with van der Waals surface area (Å²) in [6.07, 6.45) is -0.764. The predicted molar refractivity (Wildman–Crippen MR) is 43.2 cm³/mol. The second kappa shape index (κ2) is 4.92. The first-order valence-corrected chi connectivity index (χ1v) is 4.25. The lowest BCUT2D eigenvalue weighted by molar-refractivity contribution is -0.138. The number of carbonyl (C=O) groups is 2. The predicted octanol–water partition coefficient (Wildman–Crippen LogP) is -1.41. The number of aliphatic hydroxyl groups excluding tert-OH is 2. The molecule has 6 nitrogen and oxygen atoms in total. The van der Waals surface area contributed by atoms with Gasteiger partial charge in [-0.3, -0.25) is 9.59 Å². The Balaban J connectivity index is 0.000000140. The van der Waals surface area contributed by atoms with Crippen LogP contribution in [0, 0.1) is 0 Å². The van der Waals surface area contributed by atoms with E-state index >= 15 is 0 Å². The summed E-state index contributed by atoms with van der Waals surface area (Å²) in [5, 5.41) is 17.1. The molecule has 0 amide bonds. The molecule has 0 radical (unpaired) electrons. The van der Waals surface area contributed by atoms with Crippen LogP contribution >= 0.6 is 0 Å². The largest absolute Gasteiger partial charge is 0.463 e. The molecule has 0 unspecified atom stereocenters. The van der Waals surface area contributed by atoms with E-state index in [2.05, 4.69) is 9.47 Å². The second-order valence-corrected chi connectivity index (χ2v) is 3.08. The molecule has 2 atom stereocenters. The van der Waals surface area contributed by atoms with E-state index in [9.17, 15) is 9.59 Å². The highest BCUT2D eigenvalue weighted by atomic mass is 16.6. The van der Waals surface area contributed by atoms with Gasteiger partial charge in [0.1, 0.15) is 13.2 Å². The molecule has 2 fully saturated rings. The van der Waals surface area contributed by atoms with E-state index in [1.807, 2.05) is 0 Å². The number of hydrogen-bond donors (Lipinski definition) is 2. The van der Waals surface area contributed by atoms with Gasteiger partial charge in [-0.05, 0) is 0 Å². The summed E-state index contributed by atoms with van der Waals surface area (Å²) in [5.74, 6) is -0.597. The van der Waals surface area contributed by atoms with Gasteiger partial charge in [0.05, 0.1) is 25.0 Å². The smallest absolute Gasteiger partial charge is 0.308 e. The van der Waals surface area contributed by atoms with Crippen LogP contribution in [0.5, 0.6) is 0 Å². The molecule has 6 heteroatoms. The molecule has 2 N–H and O–H groups in total. The first kappa shape index (κ1) is 10.9. The Morgan fingerprint density at radius 3 is 1.36 bits per heavy atom. The van der Waals surface area contributed by atoms with Gasteiger partial charge in [0.2, 0.25) is 0 Å². The molecule has 2 rings (SSSR count). The topological polar surface area (TPSA) is 93.1 Å². The molecule has 80 valence electrons. The second-order valence-electron chi connectivity index (χ2n) is 3.08. The van der Waals surface area contributed by atoms with Crippen LogP contribution < -0.4 is 0 Å². The van der Waals surface area contributed by atoms with Gasteiger partial charge >= 0.3 is 11.9 Å². The standard InChI is InChI=1S/2C4H6O3/c2*5-3-1-4(6)7-2-3/h2*3,5H,1-2H2/t2*3-/m00/s1. The van der Waals surface area contributed by atoms with Crippen molar-refractivity contribution in [2.75, 3.05) is 13.2 Å². The van der Waals surface area contributed by atoms with E-state index in [1.165, 1.54) is 0 Å². The van der Waals surface area contributed by atoms with Gasteiger partial charge in [0, 0.05) is 0 Å². The first-order chi connectivity index (χ1) is 6.58. The number of aliphatic hydroxyl groups is 2. The van der Waals surface area contributed by atoms with E-state index in [1.54, 1.807) is 0 Å². The van der Waals surface area contributed by atoms with Crippen molar-refractivity contribution in [3.05, 3.63) is 0 Å². The van der Waals surface area contributed by atoms with Gasteiger partial charge in [0.15, 0.2) is 0 Å². The number of hydrogen-bond acceptors (Lipinski definition) is 6. The summed E-state index contributed by atoms with van der Waals surface area (Å²) in [5.41, 5.74) is 0. The molecule has 0 aromatic carbocycles. The fraction of sp³-hybridized carbons (Fsp3) is 0.750. The minimum atomic E-state index is -0.549. The van der Waals surface area contributed by atoms with Crippen molar-refractivity contribution in [2.45, 2.75) is 25.0 Å². The zero-order chi connectivity index (χ0) is 10.6.